The molecular weight excluding hydrogens is 340 g/mol. The summed E-state index contributed by atoms with van der Waals surface area (Å²) >= 11 is 1.32. The number of nitrogens with zero attached hydrogens (tertiary/aromatic N) is 1. The Labute approximate surface area is 150 Å². The third-order valence-electron chi connectivity index (χ3n) is 3.79. The fourth-order valence-electron chi connectivity index (χ4n) is 2.36. The highest BCUT2D eigenvalue weighted by atomic mass is 32.1. The van der Waals surface area contributed by atoms with Gasteiger partial charge in [-0.25, -0.2) is 4.79 Å². The van der Waals surface area contributed by atoms with Gasteiger partial charge in [-0.15, -0.1) is 11.3 Å². The largest absolute Gasteiger partial charge is 0.480 e. The third kappa shape index (κ3) is 5.42. The number of carbonyl (C=O) groups is 3. The Morgan fingerprint density at radius 1 is 1.16 bits per heavy atom. The van der Waals surface area contributed by atoms with E-state index in [9.17, 15) is 19.5 Å². The number of carboxylic acid groups (broad SMARTS) is 1. The summed E-state index contributed by atoms with van der Waals surface area (Å²) in [7, 11) is 1.48. The lowest BCUT2D eigenvalue weighted by atomic mass is 10.0. The maximum Gasteiger partial charge on any atom is 0.326 e. The zero-order valence-corrected chi connectivity index (χ0v) is 14.7. The van der Waals surface area contributed by atoms with Crippen LogP contribution in [0.5, 0.6) is 0 Å². The molecule has 1 aromatic heterocycles. The molecule has 2 rings (SSSR count). The minimum absolute atomic E-state index is 0.0478. The van der Waals surface area contributed by atoms with E-state index in [1.807, 2.05) is 30.3 Å². The van der Waals surface area contributed by atoms with Crippen LogP contribution in [0.1, 0.15) is 21.7 Å². The van der Waals surface area contributed by atoms with Gasteiger partial charge in [0.25, 0.3) is 5.91 Å². The zero-order valence-electron chi connectivity index (χ0n) is 13.8. The second-order valence-electron chi connectivity index (χ2n) is 5.53. The lowest BCUT2D eigenvalue weighted by Gasteiger charge is -2.25. The van der Waals surface area contributed by atoms with Gasteiger partial charge in [0.05, 0.1) is 4.88 Å². The van der Waals surface area contributed by atoms with Gasteiger partial charge in [-0.05, 0) is 17.0 Å². The number of nitrogens with one attached hydrogen (secondary N) is 1. The number of likely N-dealkylation sites (N-methyl/N-ethyl adjacent to an activating group) is 1. The Hall–Kier alpha value is -2.67. The van der Waals surface area contributed by atoms with Crippen molar-refractivity contribution in [1.82, 2.24) is 10.2 Å². The number of benzene rings is 1. The van der Waals surface area contributed by atoms with Crippen LogP contribution in [0.4, 0.5) is 0 Å². The molecular formula is C18H20N2O4S. The molecule has 0 saturated carbocycles. The molecule has 0 bridgehead atoms. The summed E-state index contributed by atoms with van der Waals surface area (Å²) in [6.45, 7) is 0.164. The maximum atomic E-state index is 12.3. The fourth-order valence-corrected chi connectivity index (χ4v) is 3.00. The van der Waals surface area contributed by atoms with Gasteiger partial charge in [-0.1, -0.05) is 36.4 Å². The van der Waals surface area contributed by atoms with Crippen LogP contribution in [0.25, 0.3) is 0 Å². The fraction of sp³-hybridized carbons (Fsp3) is 0.278. The van der Waals surface area contributed by atoms with Crippen LogP contribution in [0, 0.1) is 0 Å². The summed E-state index contributed by atoms with van der Waals surface area (Å²) in [5.74, 6) is -1.61. The van der Waals surface area contributed by atoms with Crippen molar-refractivity contribution in [2.24, 2.45) is 0 Å². The first-order valence-corrected chi connectivity index (χ1v) is 8.71. The average molecular weight is 360 g/mol. The first kappa shape index (κ1) is 18.7. The zero-order chi connectivity index (χ0) is 18.2. The second-order valence-corrected chi connectivity index (χ2v) is 6.48. The topological polar surface area (TPSA) is 86.7 Å². The number of thiophene rings is 1. The molecule has 2 N–H and O–H groups in total. The quantitative estimate of drug-likeness (QED) is 0.754. The number of hydrogen-bond donors (Lipinski definition) is 2. The second kappa shape index (κ2) is 8.98. The van der Waals surface area contributed by atoms with Gasteiger partial charge in [-0.3, -0.25) is 9.59 Å². The van der Waals surface area contributed by atoms with Crippen molar-refractivity contribution in [1.29, 1.82) is 0 Å². The Morgan fingerprint density at radius 3 is 2.48 bits per heavy atom. The maximum absolute atomic E-state index is 12.3. The van der Waals surface area contributed by atoms with Gasteiger partial charge >= 0.3 is 5.97 Å². The van der Waals surface area contributed by atoms with E-state index in [1.54, 1.807) is 17.5 Å². The summed E-state index contributed by atoms with van der Waals surface area (Å²) in [6.07, 6.45) is 0.284. The van der Waals surface area contributed by atoms with Crippen molar-refractivity contribution < 1.29 is 19.5 Å². The molecule has 1 aromatic carbocycles. The Kier molecular flexibility index (Phi) is 6.71. The van der Waals surface area contributed by atoms with E-state index in [1.165, 1.54) is 23.3 Å². The molecule has 0 aliphatic carbocycles. The van der Waals surface area contributed by atoms with Crippen molar-refractivity contribution >= 4 is 29.1 Å². The van der Waals surface area contributed by atoms with Crippen LogP contribution in [-0.2, 0) is 16.0 Å². The number of carboxylic acids is 1. The summed E-state index contributed by atoms with van der Waals surface area (Å²) in [5.41, 5.74) is 0.848. The molecule has 1 unspecified atom stereocenters. The molecule has 6 nitrogen and oxygen atoms in total. The Bertz CT molecular complexity index is 716. The normalized spacial score (nSPS) is 11.6. The highest BCUT2D eigenvalue weighted by Crippen LogP contribution is 2.10. The first-order valence-electron chi connectivity index (χ1n) is 7.83. The molecule has 7 heteroatoms. The van der Waals surface area contributed by atoms with E-state index in [-0.39, 0.29) is 31.2 Å². The highest BCUT2D eigenvalue weighted by molar-refractivity contribution is 7.12. The summed E-state index contributed by atoms with van der Waals surface area (Å²) in [5, 5.41) is 13.9. The standard InChI is InChI=1S/C18H20N2O4S/c1-20(14(18(23)24)12-13-6-3-2-4-7-13)16(21)9-10-19-17(22)15-8-5-11-25-15/h2-8,11,14H,9-10,12H2,1H3,(H,19,22)(H,23,24). The van der Waals surface area contributed by atoms with Crippen molar-refractivity contribution in [3.63, 3.8) is 0 Å². The van der Waals surface area contributed by atoms with E-state index in [0.717, 1.165) is 5.56 Å². The Balaban J connectivity index is 1.87. The summed E-state index contributed by atoms with van der Waals surface area (Å²) < 4.78 is 0. The highest BCUT2D eigenvalue weighted by Gasteiger charge is 2.26. The van der Waals surface area contributed by atoms with Crippen molar-refractivity contribution in [2.45, 2.75) is 18.9 Å². The monoisotopic (exact) mass is 360 g/mol. The minimum Gasteiger partial charge on any atom is -0.480 e. The van der Waals surface area contributed by atoms with Gasteiger partial charge in [0.1, 0.15) is 6.04 Å². The molecule has 1 heterocycles. The van der Waals surface area contributed by atoms with E-state index in [4.69, 9.17) is 0 Å². The van der Waals surface area contributed by atoms with Crippen LogP contribution in [0.2, 0.25) is 0 Å². The number of aliphatic carboxylic acids is 1. The number of amides is 2. The number of carbonyl (C=O) groups excluding carboxylic acids is 2. The smallest absolute Gasteiger partial charge is 0.326 e. The van der Waals surface area contributed by atoms with Crippen LogP contribution in [0.15, 0.2) is 47.8 Å². The van der Waals surface area contributed by atoms with E-state index in [0.29, 0.717) is 4.88 Å². The lowest BCUT2D eigenvalue weighted by molar-refractivity contribution is -0.148. The molecule has 1 atom stereocenters. The molecule has 132 valence electrons. The van der Waals surface area contributed by atoms with Crippen molar-refractivity contribution in [3.05, 3.63) is 58.3 Å². The Morgan fingerprint density at radius 2 is 1.88 bits per heavy atom. The van der Waals surface area contributed by atoms with Gasteiger partial charge in [-0.2, -0.15) is 0 Å². The van der Waals surface area contributed by atoms with Gasteiger partial charge in [0.2, 0.25) is 5.91 Å². The molecule has 0 spiro atoms. The molecule has 0 aliphatic heterocycles. The average Bonchev–Trinajstić information content (AvgIpc) is 3.14. The number of rotatable bonds is 8. The van der Waals surface area contributed by atoms with Crippen LogP contribution in [-0.4, -0.2) is 47.4 Å². The first-order chi connectivity index (χ1) is 12.0. The summed E-state index contributed by atoms with van der Waals surface area (Å²) in [6, 6.07) is 11.7. The third-order valence-corrected chi connectivity index (χ3v) is 4.66. The van der Waals surface area contributed by atoms with Crippen LogP contribution in [0.3, 0.4) is 0 Å². The molecule has 0 aliphatic rings. The van der Waals surface area contributed by atoms with E-state index in [2.05, 4.69) is 5.32 Å². The SMILES string of the molecule is CN(C(=O)CCNC(=O)c1cccs1)C(Cc1ccccc1)C(=O)O. The molecule has 2 aromatic rings. The van der Waals surface area contributed by atoms with Crippen LogP contribution >= 0.6 is 11.3 Å². The molecule has 2 amide bonds. The molecule has 0 fully saturated rings. The van der Waals surface area contributed by atoms with Crippen molar-refractivity contribution in [2.75, 3.05) is 13.6 Å². The van der Waals surface area contributed by atoms with Gasteiger partial charge < -0.3 is 15.3 Å². The predicted molar refractivity (Wildman–Crippen MR) is 95.6 cm³/mol. The minimum atomic E-state index is -1.05. The van der Waals surface area contributed by atoms with E-state index >= 15 is 0 Å². The number of hydrogen-bond acceptors (Lipinski definition) is 4. The molecule has 25 heavy (non-hydrogen) atoms. The van der Waals surface area contributed by atoms with Crippen molar-refractivity contribution in [3.8, 4) is 0 Å². The van der Waals surface area contributed by atoms with Crippen LogP contribution < -0.4 is 5.32 Å². The van der Waals surface area contributed by atoms with Gasteiger partial charge in [0.15, 0.2) is 0 Å². The predicted octanol–water partition coefficient (Wildman–Crippen LogP) is 2.02. The molecule has 0 radical (unpaired) electrons. The summed E-state index contributed by atoms with van der Waals surface area (Å²) in [4.78, 5) is 37.4. The van der Waals surface area contributed by atoms with Gasteiger partial charge in [0, 0.05) is 26.4 Å². The lowest BCUT2D eigenvalue weighted by Crippen LogP contribution is -2.44. The molecule has 0 saturated heterocycles. The van der Waals surface area contributed by atoms with E-state index < -0.39 is 12.0 Å².